The van der Waals surface area contributed by atoms with Crippen LogP contribution >= 0.6 is 15.8 Å². The molecule has 0 radical (unpaired) electrons. The predicted molar refractivity (Wildman–Crippen MR) is 119 cm³/mol. The van der Waals surface area contributed by atoms with Gasteiger partial charge in [0.2, 0.25) is 0 Å². The van der Waals surface area contributed by atoms with Crippen LogP contribution in [0.2, 0.25) is 0 Å². The van der Waals surface area contributed by atoms with Crippen LogP contribution in [-0.2, 0) is 0 Å². The Hall–Kier alpha value is 0.0800. The molecule has 24 heavy (non-hydrogen) atoms. The first kappa shape index (κ1) is 22.1. The summed E-state index contributed by atoms with van der Waals surface area (Å²) in [4.78, 5) is 0. The molecule has 0 aliphatic carbocycles. The van der Waals surface area contributed by atoms with Gasteiger partial charge in [0.25, 0.3) is 0 Å². The van der Waals surface area contributed by atoms with E-state index in [0.29, 0.717) is 0 Å². The van der Waals surface area contributed by atoms with Crippen molar-refractivity contribution in [3.8, 4) is 0 Å². The molecule has 0 N–H and O–H groups in total. The number of benzene rings is 1. The van der Waals surface area contributed by atoms with Crippen molar-refractivity contribution in [1.29, 1.82) is 0 Å². The van der Waals surface area contributed by atoms with E-state index >= 15 is 0 Å². The van der Waals surface area contributed by atoms with Crippen molar-refractivity contribution in [2.45, 2.75) is 79.1 Å². The Balaban J connectivity index is 3.01. The van der Waals surface area contributed by atoms with Crippen LogP contribution in [0.25, 0.3) is 0 Å². The molecule has 1 aromatic rings. The molecule has 0 saturated carbocycles. The molecule has 138 valence electrons. The van der Waals surface area contributed by atoms with Gasteiger partial charge in [-0.25, -0.2) is 0 Å². The van der Waals surface area contributed by atoms with E-state index in [1.807, 2.05) is 0 Å². The summed E-state index contributed by atoms with van der Waals surface area (Å²) in [7, 11) is 0.131. The van der Waals surface area contributed by atoms with E-state index in [9.17, 15) is 0 Å². The van der Waals surface area contributed by atoms with Crippen LogP contribution in [0, 0.1) is 0 Å². The zero-order chi connectivity index (χ0) is 17.6. The molecule has 0 aliphatic rings. The number of hydrogen-bond donors (Lipinski definition) is 0. The van der Waals surface area contributed by atoms with Crippen molar-refractivity contribution >= 4 is 26.5 Å². The van der Waals surface area contributed by atoms with Crippen molar-refractivity contribution in [3.05, 3.63) is 24.3 Å². The fraction of sp³-hybridized carbons (Fsp3) is 0.727. The maximum Gasteiger partial charge on any atom is -0.0164 e. The van der Waals surface area contributed by atoms with E-state index in [2.05, 4.69) is 52.0 Å². The Morgan fingerprint density at radius 2 is 0.833 bits per heavy atom. The van der Waals surface area contributed by atoms with Crippen LogP contribution in [0.3, 0.4) is 0 Å². The molecule has 0 bridgehead atoms. The van der Waals surface area contributed by atoms with E-state index in [0.717, 1.165) is 0 Å². The van der Waals surface area contributed by atoms with Gasteiger partial charge in [0.15, 0.2) is 0 Å². The Kier molecular flexibility index (Phi) is 13.2. The molecule has 0 atom stereocenters. The molecular weight excluding hydrogens is 326 g/mol. The van der Waals surface area contributed by atoms with Crippen molar-refractivity contribution in [3.63, 3.8) is 0 Å². The van der Waals surface area contributed by atoms with Crippen molar-refractivity contribution < 1.29 is 0 Å². The summed E-state index contributed by atoms with van der Waals surface area (Å²) in [5.74, 6) is 0. The first-order valence-electron chi connectivity index (χ1n) is 10.4. The lowest BCUT2D eigenvalue weighted by molar-refractivity contribution is 0.870. The Morgan fingerprint density at radius 3 is 1.08 bits per heavy atom. The molecule has 0 fully saturated rings. The van der Waals surface area contributed by atoms with Crippen LogP contribution in [0.5, 0.6) is 0 Å². The van der Waals surface area contributed by atoms with E-state index in [1.165, 1.54) is 76.0 Å². The minimum absolute atomic E-state index is 0.0654. The molecule has 0 spiro atoms. The molecule has 0 saturated heterocycles. The summed E-state index contributed by atoms with van der Waals surface area (Å²) in [5.41, 5.74) is 0. The SMILES string of the molecule is CCCCP(CCCC)c1ccccc1P(CCCC)CCCC. The second-order valence-corrected chi connectivity index (χ2v) is 11.8. The fourth-order valence-corrected chi connectivity index (χ4v) is 9.54. The van der Waals surface area contributed by atoms with Gasteiger partial charge in [-0.1, -0.05) is 93.5 Å². The molecule has 0 amide bonds. The molecule has 1 rings (SSSR count). The molecular formula is C22H40P2. The van der Waals surface area contributed by atoms with Crippen molar-refractivity contribution in [1.82, 2.24) is 0 Å². The largest absolute Gasteiger partial charge is 0.0746 e. The third-order valence-corrected chi connectivity index (χ3v) is 10.4. The summed E-state index contributed by atoms with van der Waals surface area (Å²) in [6.07, 6.45) is 16.8. The molecule has 0 heterocycles. The molecule has 0 unspecified atom stereocenters. The lowest BCUT2D eigenvalue weighted by Gasteiger charge is -2.26. The third-order valence-electron chi connectivity index (χ3n) is 4.69. The maximum absolute atomic E-state index is 2.50. The zero-order valence-corrected chi connectivity index (χ0v) is 18.5. The lowest BCUT2D eigenvalue weighted by Crippen LogP contribution is -2.25. The third kappa shape index (κ3) is 7.97. The van der Waals surface area contributed by atoms with Gasteiger partial charge in [0.1, 0.15) is 0 Å². The fourth-order valence-electron chi connectivity index (χ4n) is 3.10. The molecule has 0 aliphatic heterocycles. The van der Waals surface area contributed by atoms with E-state index in [1.54, 1.807) is 10.6 Å². The van der Waals surface area contributed by atoms with Gasteiger partial charge >= 0.3 is 0 Å². The molecule has 0 nitrogen and oxygen atoms in total. The highest BCUT2D eigenvalue weighted by atomic mass is 31.1. The summed E-state index contributed by atoms with van der Waals surface area (Å²) < 4.78 is 0. The number of hydrogen-bond acceptors (Lipinski definition) is 0. The lowest BCUT2D eigenvalue weighted by atomic mass is 10.4. The smallest absolute Gasteiger partial charge is 0.0164 e. The highest BCUT2D eigenvalue weighted by molar-refractivity contribution is 7.72. The van der Waals surface area contributed by atoms with Gasteiger partial charge in [-0.05, 0) is 60.9 Å². The van der Waals surface area contributed by atoms with Gasteiger partial charge < -0.3 is 0 Å². The summed E-state index contributed by atoms with van der Waals surface area (Å²) in [6.45, 7) is 9.37. The predicted octanol–water partition coefficient (Wildman–Crippen LogP) is 7.10. The second kappa shape index (κ2) is 14.3. The average molecular weight is 367 g/mol. The molecule has 0 aromatic heterocycles. The average Bonchev–Trinajstić information content (AvgIpc) is 2.62. The van der Waals surface area contributed by atoms with Crippen molar-refractivity contribution in [2.75, 3.05) is 24.6 Å². The topological polar surface area (TPSA) is 0 Å². The van der Waals surface area contributed by atoms with Crippen LogP contribution < -0.4 is 10.6 Å². The van der Waals surface area contributed by atoms with Crippen LogP contribution in [0.1, 0.15) is 79.1 Å². The normalized spacial score (nSPS) is 11.6. The highest BCUT2D eigenvalue weighted by Gasteiger charge is 2.19. The van der Waals surface area contributed by atoms with Gasteiger partial charge in [-0.3, -0.25) is 0 Å². The number of rotatable bonds is 14. The molecule has 2 heteroatoms. The Labute approximate surface area is 154 Å². The minimum atomic E-state index is 0.0654. The monoisotopic (exact) mass is 366 g/mol. The van der Waals surface area contributed by atoms with Crippen molar-refractivity contribution in [2.24, 2.45) is 0 Å². The van der Waals surface area contributed by atoms with E-state index in [-0.39, 0.29) is 15.8 Å². The van der Waals surface area contributed by atoms with E-state index < -0.39 is 0 Å². The van der Waals surface area contributed by atoms with E-state index in [4.69, 9.17) is 0 Å². The van der Waals surface area contributed by atoms with Gasteiger partial charge in [-0.2, -0.15) is 0 Å². The summed E-state index contributed by atoms with van der Waals surface area (Å²) in [6, 6.07) is 9.61. The Bertz CT molecular complexity index is 361. The van der Waals surface area contributed by atoms with Gasteiger partial charge in [0, 0.05) is 0 Å². The highest BCUT2D eigenvalue weighted by Crippen LogP contribution is 2.42. The summed E-state index contributed by atoms with van der Waals surface area (Å²) >= 11 is 0. The first-order chi connectivity index (χ1) is 11.8. The molecule has 1 aromatic carbocycles. The van der Waals surface area contributed by atoms with Crippen LogP contribution in [-0.4, -0.2) is 24.6 Å². The summed E-state index contributed by atoms with van der Waals surface area (Å²) in [5, 5.41) is 3.57. The zero-order valence-electron chi connectivity index (χ0n) is 16.7. The standard InChI is InChI=1S/C22H40P2/c1-5-9-17-23(18-10-6-2)21-15-13-14-16-22(21)24(19-11-7-3)20-12-8-4/h13-16H,5-12,17-20H2,1-4H3. The maximum atomic E-state index is 2.50. The first-order valence-corrected chi connectivity index (χ1v) is 13.8. The van der Waals surface area contributed by atoms with Crippen LogP contribution in [0.15, 0.2) is 24.3 Å². The number of unbranched alkanes of at least 4 members (excludes halogenated alkanes) is 4. The van der Waals surface area contributed by atoms with Gasteiger partial charge in [0.05, 0.1) is 0 Å². The minimum Gasteiger partial charge on any atom is -0.0746 e. The Morgan fingerprint density at radius 1 is 0.542 bits per heavy atom. The van der Waals surface area contributed by atoms with Crippen LogP contribution in [0.4, 0.5) is 0 Å². The quantitative estimate of drug-likeness (QED) is 0.308. The van der Waals surface area contributed by atoms with Gasteiger partial charge in [-0.15, -0.1) is 0 Å². The second-order valence-electron chi connectivity index (χ2n) is 6.88.